The highest BCUT2D eigenvalue weighted by Crippen LogP contribution is 2.33. The molecule has 1 amide bonds. The van der Waals surface area contributed by atoms with E-state index in [4.69, 9.17) is 11.6 Å². The van der Waals surface area contributed by atoms with Crippen LogP contribution in [0.25, 0.3) is 11.5 Å². The Labute approximate surface area is 202 Å². The number of amides is 1. The first kappa shape index (κ1) is 24.0. The number of rotatable bonds is 5. The first-order valence-corrected chi connectivity index (χ1v) is 12.5. The number of likely N-dealkylation sites (tertiary alicyclic amines) is 1. The lowest BCUT2D eigenvalue weighted by atomic mass is 9.87. The number of sulfonamides is 1. The van der Waals surface area contributed by atoms with E-state index in [1.54, 1.807) is 28.8 Å². The van der Waals surface area contributed by atoms with Crippen molar-refractivity contribution >= 4 is 33.4 Å². The van der Waals surface area contributed by atoms with Gasteiger partial charge in [0.1, 0.15) is 12.0 Å². The molecule has 0 aliphatic carbocycles. The van der Waals surface area contributed by atoms with Gasteiger partial charge in [-0.2, -0.15) is 0 Å². The zero-order chi connectivity index (χ0) is 24.7. The second kappa shape index (κ2) is 8.88. The molecule has 3 aromatic rings. The lowest BCUT2D eigenvalue weighted by molar-refractivity contribution is 0.154. The number of nitrogens with one attached hydrogen (secondary N) is 1. The molecule has 1 aliphatic heterocycles. The summed E-state index contributed by atoms with van der Waals surface area (Å²) < 4.78 is 30.6. The Morgan fingerprint density at radius 2 is 1.94 bits per heavy atom. The van der Waals surface area contributed by atoms with Crippen LogP contribution in [0.1, 0.15) is 38.8 Å². The number of pyridine rings is 1. The van der Waals surface area contributed by atoms with Crippen molar-refractivity contribution in [3.05, 3.63) is 53.4 Å². The molecule has 1 atom stereocenters. The van der Waals surface area contributed by atoms with E-state index in [0.717, 1.165) is 5.56 Å². The van der Waals surface area contributed by atoms with Crippen LogP contribution in [0.3, 0.4) is 0 Å². The van der Waals surface area contributed by atoms with Crippen molar-refractivity contribution in [2.45, 2.75) is 43.5 Å². The van der Waals surface area contributed by atoms with Crippen LogP contribution in [0.4, 0.5) is 10.5 Å². The second-order valence-corrected chi connectivity index (χ2v) is 11.3. The van der Waals surface area contributed by atoms with Crippen molar-refractivity contribution in [2.75, 3.05) is 17.8 Å². The fourth-order valence-corrected chi connectivity index (χ4v) is 5.07. The summed E-state index contributed by atoms with van der Waals surface area (Å²) in [6.45, 7) is 6.81. The lowest BCUT2D eigenvalue weighted by Crippen LogP contribution is -2.27. The molecule has 10 nitrogen and oxygen atoms in total. The molecule has 1 aliphatic rings. The van der Waals surface area contributed by atoms with Crippen molar-refractivity contribution in [1.82, 2.24) is 24.6 Å². The van der Waals surface area contributed by atoms with Crippen molar-refractivity contribution < 1.29 is 18.3 Å². The van der Waals surface area contributed by atoms with Gasteiger partial charge in [0, 0.05) is 19.3 Å². The number of nitrogens with zero attached hydrogens (tertiary/aromatic N) is 5. The molecule has 1 fully saturated rings. The molecule has 12 heteroatoms. The van der Waals surface area contributed by atoms with E-state index in [-0.39, 0.29) is 39.3 Å². The van der Waals surface area contributed by atoms with Gasteiger partial charge in [-0.15, -0.1) is 10.2 Å². The van der Waals surface area contributed by atoms with Crippen molar-refractivity contribution in [3.63, 3.8) is 0 Å². The van der Waals surface area contributed by atoms with Gasteiger partial charge in [-0.05, 0) is 35.6 Å². The molecule has 34 heavy (non-hydrogen) atoms. The Morgan fingerprint density at radius 1 is 1.24 bits per heavy atom. The van der Waals surface area contributed by atoms with Crippen LogP contribution >= 0.6 is 11.6 Å². The van der Waals surface area contributed by atoms with Crippen LogP contribution in [0.15, 0.2) is 47.8 Å². The molecule has 2 aromatic heterocycles. The molecule has 1 unspecified atom stereocenters. The maximum Gasteiger partial charge on any atom is 0.407 e. The third kappa shape index (κ3) is 4.85. The molecule has 1 aromatic carbocycles. The van der Waals surface area contributed by atoms with Crippen LogP contribution in [0, 0.1) is 0 Å². The Kier molecular flexibility index (Phi) is 6.26. The topological polar surface area (TPSA) is 130 Å². The van der Waals surface area contributed by atoms with E-state index in [2.05, 4.69) is 40.7 Å². The molecule has 0 saturated carbocycles. The normalized spacial score (nSPS) is 16.6. The first-order chi connectivity index (χ1) is 16.0. The third-order valence-corrected chi connectivity index (χ3v) is 7.33. The Hall–Kier alpha value is -3.18. The van der Waals surface area contributed by atoms with Crippen molar-refractivity contribution in [2.24, 2.45) is 0 Å². The number of hydrogen-bond donors (Lipinski definition) is 2. The molecule has 0 bridgehead atoms. The number of benzene rings is 1. The van der Waals surface area contributed by atoms with E-state index in [9.17, 15) is 18.3 Å². The maximum absolute atomic E-state index is 13.2. The monoisotopic (exact) mass is 504 g/mol. The summed E-state index contributed by atoms with van der Waals surface area (Å²) in [4.78, 5) is 17.0. The zero-order valence-electron chi connectivity index (χ0n) is 18.9. The first-order valence-electron chi connectivity index (χ1n) is 10.6. The van der Waals surface area contributed by atoms with Gasteiger partial charge in [0.2, 0.25) is 0 Å². The zero-order valence-corrected chi connectivity index (χ0v) is 20.5. The van der Waals surface area contributed by atoms with E-state index >= 15 is 0 Å². The van der Waals surface area contributed by atoms with Crippen LogP contribution in [-0.2, 0) is 15.4 Å². The minimum Gasteiger partial charge on any atom is -0.465 e. The summed E-state index contributed by atoms with van der Waals surface area (Å²) in [6.07, 6.45) is 2.47. The average molecular weight is 505 g/mol. The van der Waals surface area contributed by atoms with Gasteiger partial charge in [-0.1, -0.05) is 44.5 Å². The van der Waals surface area contributed by atoms with E-state index in [0.29, 0.717) is 18.8 Å². The lowest BCUT2D eigenvalue weighted by Gasteiger charge is -2.19. The van der Waals surface area contributed by atoms with Crippen molar-refractivity contribution in [1.29, 1.82) is 0 Å². The number of anilines is 1. The van der Waals surface area contributed by atoms with Gasteiger partial charge < -0.3 is 14.6 Å². The highest BCUT2D eigenvalue weighted by molar-refractivity contribution is 7.92. The van der Waals surface area contributed by atoms with Gasteiger partial charge >= 0.3 is 6.09 Å². The fraction of sp³-hybridized carbons (Fsp3) is 0.364. The highest BCUT2D eigenvalue weighted by Gasteiger charge is 2.30. The molecule has 2 N–H and O–H groups in total. The number of hydrogen-bond acceptors (Lipinski definition) is 6. The minimum atomic E-state index is -3.95. The summed E-state index contributed by atoms with van der Waals surface area (Å²) in [7, 11) is -3.95. The second-order valence-electron chi connectivity index (χ2n) is 9.16. The summed E-state index contributed by atoms with van der Waals surface area (Å²) in [5.41, 5.74) is 1.29. The number of carboxylic acid groups (broad SMARTS) is 1. The molecule has 0 spiro atoms. The third-order valence-electron chi connectivity index (χ3n) is 5.74. The average Bonchev–Trinajstić information content (AvgIpc) is 3.43. The SMILES string of the molecule is CC(C)(C)c1ccc(S(=O)(=O)Nc2cc(Cl)cnc2-c2nncn2C2CCN(C(=O)O)C2)cc1. The predicted molar refractivity (Wildman–Crippen MR) is 127 cm³/mol. The number of aromatic nitrogens is 4. The smallest absolute Gasteiger partial charge is 0.407 e. The standard InChI is InChI=1S/C22H25ClN6O4S/c1-22(2,3)14-4-6-17(7-5-14)34(32,33)27-18-10-15(23)11-24-19(18)20-26-25-13-29(20)16-8-9-28(12-16)21(30)31/h4-7,10-11,13,16,27H,8-9,12H2,1-3H3,(H,30,31). The van der Waals surface area contributed by atoms with Gasteiger partial charge in [-0.25, -0.2) is 18.2 Å². The van der Waals surface area contributed by atoms with Crippen molar-refractivity contribution in [3.8, 4) is 11.5 Å². The maximum atomic E-state index is 13.2. The summed E-state index contributed by atoms with van der Waals surface area (Å²) in [5.74, 6) is 0.315. The molecular formula is C22H25ClN6O4S. The molecule has 180 valence electrons. The largest absolute Gasteiger partial charge is 0.465 e. The van der Waals surface area contributed by atoms with Gasteiger partial charge in [0.25, 0.3) is 10.0 Å². The fourth-order valence-electron chi connectivity index (χ4n) is 3.85. The molecule has 4 rings (SSSR count). The van der Waals surface area contributed by atoms with Crippen LogP contribution in [0.5, 0.6) is 0 Å². The number of carbonyl (C=O) groups is 1. The Bertz CT molecular complexity index is 1320. The predicted octanol–water partition coefficient (Wildman–Crippen LogP) is 4.02. The van der Waals surface area contributed by atoms with E-state index < -0.39 is 16.1 Å². The summed E-state index contributed by atoms with van der Waals surface area (Å²) in [5, 5.41) is 17.6. The minimum absolute atomic E-state index is 0.0979. The van der Waals surface area contributed by atoms with Gasteiger partial charge in [-0.3, -0.25) is 4.72 Å². The molecule has 3 heterocycles. The van der Waals surface area contributed by atoms with Gasteiger partial charge in [0.15, 0.2) is 5.82 Å². The quantitative estimate of drug-likeness (QED) is 0.536. The van der Waals surface area contributed by atoms with Crippen LogP contribution in [-0.4, -0.2) is 57.4 Å². The highest BCUT2D eigenvalue weighted by atomic mass is 35.5. The summed E-state index contributed by atoms with van der Waals surface area (Å²) >= 11 is 6.13. The number of halogens is 1. The molecular weight excluding hydrogens is 480 g/mol. The van der Waals surface area contributed by atoms with Crippen LogP contribution < -0.4 is 4.72 Å². The molecule has 1 saturated heterocycles. The van der Waals surface area contributed by atoms with Crippen LogP contribution in [0.2, 0.25) is 5.02 Å². The van der Waals surface area contributed by atoms with Gasteiger partial charge in [0.05, 0.1) is 21.6 Å². The summed E-state index contributed by atoms with van der Waals surface area (Å²) in [6, 6.07) is 7.95. The van der Waals surface area contributed by atoms with E-state index in [1.165, 1.54) is 23.5 Å². The van der Waals surface area contributed by atoms with E-state index in [1.807, 2.05) is 0 Å². The Morgan fingerprint density at radius 3 is 2.56 bits per heavy atom. The molecule has 0 radical (unpaired) electrons. The Balaban J connectivity index is 1.67.